The molecule has 2 aliphatic heterocycles. The Balaban J connectivity index is 1.82. The van der Waals surface area contributed by atoms with E-state index in [0.29, 0.717) is 42.4 Å². The monoisotopic (exact) mass is 590 g/mol. The fourth-order valence-corrected chi connectivity index (χ4v) is 5.74. The van der Waals surface area contributed by atoms with E-state index in [-0.39, 0.29) is 46.4 Å². The molecule has 1 aliphatic carbocycles. The fourth-order valence-electron chi connectivity index (χ4n) is 5.74. The Labute approximate surface area is 247 Å². The number of allylic oxidation sites excluding steroid dienone is 6. The zero-order valence-corrected chi connectivity index (χ0v) is 24.3. The van der Waals surface area contributed by atoms with Gasteiger partial charge < -0.3 is 4.90 Å². The van der Waals surface area contributed by atoms with Gasteiger partial charge in [0.2, 0.25) is 5.91 Å². The third-order valence-electron chi connectivity index (χ3n) is 7.82. The Morgan fingerprint density at radius 1 is 1.07 bits per heavy atom. The summed E-state index contributed by atoms with van der Waals surface area (Å²) < 4.78 is 32.1. The van der Waals surface area contributed by atoms with Crippen LogP contribution in [0, 0.1) is 0 Å². The smallest absolute Gasteiger partial charge is 0.339 e. The molecular weight excluding hydrogens is 558 g/mol. The van der Waals surface area contributed by atoms with Crippen molar-refractivity contribution >= 4 is 23.6 Å². The van der Waals surface area contributed by atoms with Crippen molar-refractivity contribution in [3.63, 3.8) is 0 Å². The minimum Gasteiger partial charge on any atom is -0.339 e. The predicted octanol–water partition coefficient (Wildman–Crippen LogP) is 4.93. The number of amides is 1. The van der Waals surface area contributed by atoms with Crippen LogP contribution in [0.1, 0.15) is 80.9 Å². The molecule has 0 unspecified atom stereocenters. The molecule has 3 aliphatic rings. The molecule has 0 atom stereocenters. The Kier molecular flexibility index (Phi) is 8.06. The molecule has 12 heteroatoms. The van der Waals surface area contributed by atoms with E-state index < -0.39 is 34.4 Å². The van der Waals surface area contributed by atoms with Gasteiger partial charge in [-0.2, -0.15) is 4.98 Å². The van der Waals surface area contributed by atoms with Gasteiger partial charge in [0, 0.05) is 24.6 Å². The lowest BCUT2D eigenvalue weighted by Crippen LogP contribution is -2.39. The van der Waals surface area contributed by atoms with E-state index in [2.05, 4.69) is 21.5 Å². The molecular formula is C31H32F2N6O4. The number of piperidine rings is 1. The first kappa shape index (κ1) is 29.9. The van der Waals surface area contributed by atoms with E-state index in [0.717, 1.165) is 22.8 Å². The molecule has 10 nitrogen and oxygen atoms in total. The minimum atomic E-state index is -1.08. The molecule has 1 saturated heterocycles. The van der Waals surface area contributed by atoms with Gasteiger partial charge >= 0.3 is 5.69 Å². The van der Waals surface area contributed by atoms with E-state index in [9.17, 15) is 19.6 Å². The Bertz CT molecular complexity index is 1680. The Morgan fingerprint density at radius 3 is 2.26 bits per heavy atom. The number of carbonyl (C=O) groups excluding carboxylic acids is 2. The zero-order valence-electron chi connectivity index (χ0n) is 24.3. The second kappa shape index (κ2) is 11.6. The number of rotatable bonds is 5. The lowest BCUT2D eigenvalue weighted by Gasteiger charge is -2.35. The highest BCUT2D eigenvalue weighted by Gasteiger charge is 2.38. The van der Waals surface area contributed by atoms with E-state index >= 15 is 8.78 Å². The minimum absolute atomic E-state index is 0.0916. The van der Waals surface area contributed by atoms with Crippen LogP contribution in [0.3, 0.4) is 0 Å². The first-order valence-corrected chi connectivity index (χ1v) is 14.1. The molecule has 43 heavy (non-hydrogen) atoms. The number of carbonyl (C=O) groups is 2. The lowest BCUT2D eigenvalue weighted by molar-refractivity contribution is -0.127. The highest BCUT2D eigenvalue weighted by atomic mass is 19.1. The van der Waals surface area contributed by atoms with Gasteiger partial charge in [0.15, 0.2) is 17.4 Å². The number of ketones is 1. The van der Waals surface area contributed by atoms with Gasteiger partial charge in [-0.1, -0.05) is 40.3 Å². The van der Waals surface area contributed by atoms with Crippen LogP contribution in [-0.2, 0) is 9.59 Å². The average Bonchev–Trinajstić information content (AvgIpc) is 2.97. The van der Waals surface area contributed by atoms with Crippen molar-refractivity contribution in [2.24, 2.45) is 0 Å². The molecule has 2 aromatic rings. The Hall–Kier alpha value is -4.58. The number of hydrogen-bond donors (Lipinski definition) is 1. The van der Waals surface area contributed by atoms with Crippen LogP contribution < -0.4 is 10.8 Å². The van der Waals surface area contributed by atoms with Gasteiger partial charge in [-0.25, -0.2) is 33.2 Å². The van der Waals surface area contributed by atoms with Crippen molar-refractivity contribution in [3.05, 3.63) is 93.3 Å². The first-order chi connectivity index (χ1) is 20.5. The second-order valence-electron chi connectivity index (χ2n) is 11.2. The molecule has 0 radical (unpaired) electrons. The fraction of sp³-hybridized carbons (Fsp3) is 0.355. The van der Waals surface area contributed by atoms with Crippen LogP contribution in [0.25, 0.3) is 11.8 Å². The van der Waals surface area contributed by atoms with Crippen LogP contribution in [0.5, 0.6) is 0 Å². The van der Waals surface area contributed by atoms with Gasteiger partial charge in [-0.15, -0.1) is 0 Å². The molecule has 0 aromatic carbocycles. The van der Waals surface area contributed by atoms with Crippen LogP contribution in [0.2, 0.25) is 0 Å². The number of aromatic nitrogens is 4. The molecule has 4 heterocycles. The Morgan fingerprint density at radius 2 is 1.70 bits per heavy atom. The summed E-state index contributed by atoms with van der Waals surface area (Å²) in [5.74, 6) is -4.16. The van der Waals surface area contributed by atoms with Crippen molar-refractivity contribution in [2.45, 2.75) is 58.3 Å². The topological polar surface area (TPSA) is 122 Å². The zero-order chi connectivity index (χ0) is 31.2. The van der Waals surface area contributed by atoms with Crippen molar-refractivity contribution in [1.82, 2.24) is 24.4 Å². The molecule has 1 N–H and O–H groups in total. The maximum atomic E-state index is 15.9. The van der Waals surface area contributed by atoms with Crippen molar-refractivity contribution in [1.29, 1.82) is 0 Å². The van der Waals surface area contributed by atoms with E-state index in [1.54, 1.807) is 4.90 Å². The van der Waals surface area contributed by atoms with Crippen LogP contribution in [0.4, 0.5) is 14.6 Å². The maximum Gasteiger partial charge on any atom is 0.354 e. The standard InChI is InChI=1S/C31H32F2N6O4/c1-6-23(41)37-12-10-18(11-13-37)27-19-14-21(33)28(24-20(32)8-7-9-22(24)40)39(43)30(19)38(31(42)36-27)29-25(16(2)3)34-15-35-26(29)17(4)5/h6-9,14-18,43H,1,10-13H2,2-5H3/b28-24-. The van der Waals surface area contributed by atoms with E-state index in [4.69, 9.17) is 0 Å². The summed E-state index contributed by atoms with van der Waals surface area (Å²) in [4.78, 5) is 53.8. The number of nitrogens with zero attached hydrogens (tertiary/aromatic N) is 6. The third kappa shape index (κ3) is 5.16. The summed E-state index contributed by atoms with van der Waals surface area (Å²) in [6, 6.07) is 0. The molecule has 5 rings (SSSR count). The summed E-state index contributed by atoms with van der Waals surface area (Å²) in [7, 11) is 0. The summed E-state index contributed by atoms with van der Waals surface area (Å²) >= 11 is 0. The predicted molar refractivity (Wildman–Crippen MR) is 156 cm³/mol. The SMILES string of the molecule is C=CC(=O)N1CCC(c2nc(=O)n(-c3c(C(C)C)ncnc3C(C)C)c3c2C=C(F)/C(=C2/C(=O)C=CC=C2F)N3O)CC1. The van der Waals surface area contributed by atoms with Gasteiger partial charge in [-0.3, -0.25) is 14.8 Å². The van der Waals surface area contributed by atoms with Gasteiger partial charge in [-0.05, 0) is 49.0 Å². The number of anilines is 1. The van der Waals surface area contributed by atoms with Gasteiger partial charge in [0.25, 0.3) is 0 Å². The molecule has 1 fully saturated rings. The third-order valence-corrected chi connectivity index (χ3v) is 7.82. The highest BCUT2D eigenvalue weighted by Crippen LogP contribution is 2.43. The van der Waals surface area contributed by atoms with Crippen LogP contribution >= 0.6 is 0 Å². The summed E-state index contributed by atoms with van der Waals surface area (Å²) in [5.41, 5.74) is -0.666. The molecule has 0 bridgehead atoms. The molecule has 0 saturated carbocycles. The van der Waals surface area contributed by atoms with Crippen LogP contribution in [0.15, 0.2) is 64.9 Å². The molecule has 1 amide bonds. The van der Waals surface area contributed by atoms with Gasteiger partial charge in [0.1, 0.15) is 17.9 Å². The summed E-state index contributed by atoms with van der Waals surface area (Å²) in [6.07, 6.45) is 7.76. The maximum absolute atomic E-state index is 15.9. The molecule has 0 spiro atoms. The largest absolute Gasteiger partial charge is 0.354 e. The number of likely N-dealkylation sites (tertiary alicyclic amines) is 1. The second-order valence-corrected chi connectivity index (χ2v) is 11.2. The van der Waals surface area contributed by atoms with Crippen molar-refractivity contribution < 1.29 is 23.6 Å². The number of fused-ring (bicyclic) bond motifs is 1. The average molecular weight is 591 g/mol. The quantitative estimate of drug-likeness (QED) is 0.487. The normalized spacial score (nSPS) is 19.1. The summed E-state index contributed by atoms with van der Waals surface area (Å²) in [6.45, 7) is 11.8. The van der Waals surface area contributed by atoms with Crippen LogP contribution in [-0.4, -0.2) is 54.4 Å². The first-order valence-electron chi connectivity index (χ1n) is 14.1. The highest BCUT2D eigenvalue weighted by molar-refractivity contribution is 6.10. The lowest BCUT2D eigenvalue weighted by atomic mass is 9.89. The molecule has 224 valence electrons. The summed E-state index contributed by atoms with van der Waals surface area (Å²) in [5, 5.41) is 12.1. The van der Waals surface area contributed by atoms with Crippen molar-refractivity contribution in [2.75, 3.05) is 18.2 Å². The molecule has 2 aromatic heterocycles. The number of hydrogen-bond acceptors (Lipinski definition) is 8. The van der Waals surface area contributed by atoms with E-state index in [1.807, 2.05) is 27.7 Å². The number of halogens is 2. The van der Waals surface area contributed by atoms with Crippen molar-refractivity contribution in [3.8, 4) is 5.69 Å². The number of hydroxylamine groups is 1. The van der Waals surface area contributed by atoms with Gasteiger partial charge in [0.05, 0.1) is 28.3 Å². The van der Waals surface area contributed by atoms with E-state index in [1.165, 1.54) is 18.5 Å².